The van der Waals surface area contributed by atoms with Crippen LogP contribution in [0.1, 0.15) is 30.9 Å². The molecule has 2 atom stereocenters. The van der Waals surface area contributed by atoms with Gasteiger partial charge in [-0.2, -0.15) is 0 Å². The molecule has 2 rings (SSSR count). The number of rotatable bonds is 2. The molecule has 0 fully saturated rings. The molecule has 2 N–H and O–H groups in total. The Balaban J connectivity index is 2.36. The number of aliphatic hydroxyl groups excluding tert-OH is 1. The number of nitrogens with one attached hydrogen (secondary N) is 1. The fourth-order valence-corrected chi connectivity index (χ4v) is 2.21. The minimum atomic E-state index is -0.255. The summed E-state index contributed by atoms with van der Waals surface area (Å²) in [5.74, 6) is 0.569. The highest BCUT2D eigenvalue weighted by atomic mass is 16.3. The van der Waals surface area contributed by atoms with Crippen LogP contribution in [0.5, 0.6) is 0 Å². The summed E-state index contributed by atoms with van der Waals surface area (Å²) >= 11 is 0. The standard InChI is InChI=1S/C12H17NO/c1-8-7-13-11-5-3-4-10(12(8)11)6-9(2)14/h3-5,8-9,13-14H,6-7H2,1-2H3. The van der Waals surface area contributed by atoms with Gasteiger partial charge in [0, 0.05) is 18.2 Å². The van der Waals surface area contributed by atoms with E-state index in [9.17, 15) is 5.11 Å². The van der Waals surface area contributed by atoms with Crippen LogP contribution in [-0.4, -0.2) is 17.8 Å². The van der Waals surface area contributed by atoms with Crippen molar-refractivity contribution < 1.29 is 5.11 Å². The summed E-state index contributed by atoms with van der Waals surface area (Å²) in [4.78, 5) is 0. The van der Waals surface area contributed by atoms with Crippen molar-refractivity contribution in [3.8, 4) is 0 Å². The zero-order valence-electron chi connectivity index (χ0n) is 8.75. The van der Waals surface area contributed by atoms with Crippen LogP contribution in [0.2, 0.25) is 0 Å². The quantitative estimate of drug-likeness (QED) is 0.750. The van der Waals surface area contributed by atoms with Crippen molar-refractivity contribution >= 4 is 5.69 Å². The average Bonchev–Trinajstić information content (AvgIpc) is 2.48. The summed E-state index contributed by atoms with van der Waals surface area (Å²) in [6.07, 6.45) is 0.504. The summed E-state index contributed by atoms with van der Waals surface area (Å²) in [6, 6.07) is 6.29. The molecule has 2 unspecified atom stereocenters. The largest absolute Gasteiger partial charge is 0.393 e. The van der Waals surface area contributed by atoms with Gasteiger partial charge in [-0.15, -0.1) is 0 Å². The topological polar surface area (TPSA) is 32.3 Å². The Labute approximate surface area is 85.0 Å². The lowest BCUT2D eigenvalue weighted by molar-refractivity contribution is 0.195. The van der Waals surface area contributed by atoms with Crippen molar-refractivity contribution in [2.45, 2.75) is 32.3 Å². The molecule has 1 heterocycles. The summed E-state index contributed by atoms with van der Waals surface area (Å²) in [7, 11) is 0. The summed E-state index contributed by atoms with van der Waals surface area (Å²) < 4.78 is 0. The molecule has 0 radical (unpaired) electrons. The van der Waals surface area contributed by atoms with Crippen molar-refractivity contribution in [3.05, 3.63) is 29.3 Å². The van der Waals surface area contributed by atoms with Gasteiger partial charge in [-0.1, -0.05) is 19.1 Å². The van der Waals surface area contributed by atoms with E-state index in [4.69, 9.17) is 0 Å². The van der Waals surface area contributed by atoms with E-state index in [1.54, 1.807) is 0 Å². The maximum Gasteiger partial charge on any atom is 0.0552 e. The lowest BCUT2D eigenvalue weighted by Gasteiger charge is -2.12. The number of benzene rings is 1. The Hall–Kier alpha value is -1.02. The fourth-order valence-electron chi connectivity index (χ4n) is 2.21. The molecule has 2 heteroatoms. The highest BCUT2D eigenvalue weighted by Crippen LogP contribution is 2.34. The number of aliphatic hydroxyl groups is 1. The predicted molar refractivity (Wildman–Crippen MR) is 58.7 cm³/mol. The molecular formula is C12H17NO. The smallest absolute Gasteiger partial charge is 0.0552 e. The van der Waals surface area contributed by atoms with Crippen LogP contribution in [0.3, 0.4) is 0 Å². The van der Waals surface area contributed by atoms with E-state index >= 15 is 0 Å². The third-order valence-corrected chi connectivity index (χ3v) is 2.80. The van der Waals surface area contributed by atoms with E-state index in [1.165, 1.54) is 16.8 Å². The van der Waals surface area contributed by atoms with Crippen LogP contribution in [0.25, 0.3) is 0 Å². The number of fused-ring (bicyclic) bond motifs is 1. The number of hydrogen-bond donors (Lipinski definition) is 2. The van der Waals surface area contributed by atoms with Crippen molar-refractivity contribution in [1.29, 1.82) is 0 Å². The van der Waals surface area contributed by atoms with Crippen LogP contribution < -0.4 is 5.32 Å². The Kier molecular flexibility index (Phi) is 2.46. The molecule has 0 spiro atoms. The second-order valence-electron chi connectivity index (χ2n) is 4.21. The third kappa shape index (κ3) is 1.62. The summed E-state index contributed by atoms with van der Waals surface area (Å²) in [6.45, 7) is 5.09. The molecule has 76 valence electrons. The van der Waals surface area contributed by atoms with Crippen LogP contribution in [-0.2, 0) is 6.42 Å². The molecule has 1 aliphatic heterocycles. The zero-order valence-corrected chi connectivity index (χ0v) is 8.75. The van der Waals surface area contributed by atoms with Crippen molar-refractivity contribution in [3.63, 3.8) is 0 Å². The normalized spacial score (nSPS) is 21.5. The zero-order chi connectivity index (χ0) is 10.1. The first-order chi connectivity index (χ1) is 6.68. The van der Waals surface area contributed by atoms with Crippen LogP contribution in [0, 0.1) is 0 Å². The number of hydrogen-bond acceptors (Lipinski definition) is 2. The Morgan fingerprint density at radius 1 is 1.57 bits per heavy atom. The molecule has 1 aromatic rings. The second kappa shape index (κ2) is 3.62. The van der Waals surface area contributed by atoms with Crippen molar-refractivity contribution in [2.24, 2.45) is 0 Å². The molecule has 0 bridgehead atoms. The first-order valence-corrected chi connectivity index (χ1v) is 5.22. The van der Waals surface area contributed by atoms with E-state index in [0.717, 1.165) is 13.0 Å². The van der Waals surface area contributed by atoms with Gasteiger partial charge in [0.15, 0.2) is 0 Å². The average molecular weight is 191 g/mol. The van der Waals surface area contributed by atoms with Gasteiger partial charge >= 0.3 is 0 Å². The van der Waals surface area contributed by atoms with Crippen LogP contribution in [0.4, 0.5) is 5.69 Å². The first-order valence-electron chi connectivity index (χ1n) is 5.22. The molecule has 0 saturated carbocycles. The third-order valence-electron chi connectivity index (χ3n) is 2.80. The van der Waals surface area contributed by atoms with E-state index in [2.05, 4.69) is 30.4 Å². The molecule has 1 aliphatic rings. The number of anilines is 1. The lowest BCUT2D eigenvalue weighted by Crippen LogP contribution is -2.07. The van der Waals surface area contributed by atoms with Crippen LogP contribution in [0.15, 0.2) is 18.2 Å². The van der Waals surface area contributed by atoms with Gasteiger partial charge in [0.2, 0.25) is 0 Å². The van der Waals surface area contributed by atoms with Crippen LogP contribution >= 0.6 is 0 Å². The highest BCUT2D eigenvalue weighted by Gasteiger charge is 2.21. The highest BCUT2D eigenvalue weighted by molar-refractivity contribution is 5.60. The van der Waals surface area contributed by atoms with Crippen molar-refractivity contribution in [2.75, 3.05) is 11.9 Å². The molecule has 0 aliphatic carbocycles. The first kappa shape index (κ1) is 9.53. The minimum Gasteiger partial charge on any atom is -0.393 e. The summed E-state index contributed by atoms with van der Waals surface area (Å²) in [5.41, 5.74) is 3.93. The monoisotopic (exact) mass is 191 g/mol. The Morgan fingerprint density at radius 2 is 2.36 bits per heavy atom. The Bertz CT molecular complexity index is 333. The van der Waals surface area contributed by atoms with Gasteiger partial charge in [-0.25, -0.2) is 0 Å². The minimum absolute atomic E-state index is 0.255. The molecule has 0 aromatic heterocycles. The van der Waals surface area contributed by atoms with E-state index < -0.39 is 0 Å². The van der Waals surface area contributed by atoms with Gasteiger partial charge in [0.05, 0.1) is 6.10 Å². The molecule has 2 nitrogen and oxygen atoms in total. The maximum atomic E-state index is 9.40. The molecule has 0 amide bonds. The molecule has 14 heavy (non-hydrogen) atoms. The van der Waals surface area contributed by atoms with E-state index in [0.29, 0.717) is 5.92 Å². The maximum absolute atomic E-state index is 9.40. The van der Waals surface area contributed by atoms with Gasteiger partial charge in [0.25, 0.3) is 0 Å². The van der Waals surface area contributed by atoms with E-state index in [-0.39, 0.29) is 6.10 Å². The van der Waals surface area contributed by atoms with Gasteiger partial charge in [-0.3, -0.25) is 0 Å². The molecule has 1 aromatic carbocycles. The Morgan fingerprint density at radius 3 is 3.07 bits per heavy atom. The molecule has 0 saturated heterocycles. The molecular weight excluding hydrogens is 174 g/mol. The predicted octanol–water partition coefficient (Wildman–Crippen LogP) is 2.14. The van der Waals surface area contributed by atoms with E-state index in [1.807, 2.05) is 6.92 Å². The fraction of sp³-hybridized carbons (Fsp3) is 0.500. The second-order valence-corrected chi connectivity index (χ2v) is 4.21. The van der Waals surface area contributed by atoms with Crippen molar-refractivity contribution in [1.82, 2.24) is 0 Å². The van der Waals surface area contributed by atoms with Gasteiger partial charge in [0.1, 0.15) is 0 Å². The van der Waals surface area contributed by atoms with Gasteiger partial charge in [-0.05, 0) is 30.5 Å². The van der Waals surface area contributed by atoms with Gasteiger partial charge < -0.3 is 10.4 Å². The summed E-state index contributed by atoms with van der Waals surface area (Å²) in [5, 5.41) is 12.8. The lowest BCUT2D eigenvalue weighted by atomic mass is 9.94. The SMILES string of the molecule is CC(O)Cc1cccc2c1C(C)CN2.